The molecule has 0 aliphatic carbocycles. The molecular weight excluding hydrogens is 254 g/mol. The topological polar surface area (TPSA) is 92.7 Å². The Morgan fingerprint density at radius 1 is 1.56 bits per heavy atom. The van der Waals surface area contributed by atoms with E-state index in [0.717, 1.165) is 11.3 Å². The zero-order valence-corrected chi connectivity index (χ0v) is 10.1. The molecule has 16 heavy (non-hydrogen) atoms. The Labute approximate surface area is 96.9 Å². The molecule has 0 bridgehead atoms. The predicted octanol–water partition coefficient (Wildman–Crippen LogP) is 0.834. The summed E-state index contributed by atoms with van der Waals surface area (Å²) in [4.78, 5) is 10.7. The minimum absolute atomic E-state index is 0.0874. The first-order chi connectivity index (χ1) is 7.44. The first kappa shape index (κ1) is 12.9. The molecule has 0 aliphatic rings. The Morgan fingerprint density at radius 2 is 2.25 bits per heavy atom. The third kappa shape index (κ3) is 3.80. The molecule has 1 aromatic heterocycles. The lowest BCUT2D eigenvalue weighted by molar-refractivity contribution is 0.0702. The fourth-order valence-corrected chi connectivity index (χ4v) is 2.91. The molecule has 6 nitrogen and oxygen atoms in total. The summed E-state index contributed by atoms with van der Waals surface area (Å²) in [6, 6.07) is 2.76. The molecule has 0 radical (unpaired) electrons. The molecule has 0 aliphatic heterocycles. The third-order valence-corrected chi connectivity index (χ3v) is 3.98. The van der Waals surface area contributed by atoms with Crippen LogP contribution in [0.15, 0.2) is 12.1 Å². The number of hydrogen-bond donors (Lipinski definition) is 2. The Balaban J connectivity index is 2.69. The molecule has 0 atom stereocenters. The summed E-state index contributed by atoms with van der Waals surface area (Å²) in [5, 5.41) is 8.94. The highest BCUT2D eigenvalue weighted by Crippen LogP contribution is 2.22. The Kier molecular flexibility index (Phi) is 4.27. The second kappa shape index (κ2) is 5.28. The first-order valence-electron chi connectivity index (χ1n) is 4.27. The van der Waals surface area contributed by atoms with Crippen molar-refractivity contribution in [2.24, 2.45) is 0 Å². The fourth-order valence-electron chi connectivity index (χ4n) is 0.905. The van der Waals surface area contributed by atoms with E-state index in [9.17, 15) is 13.2 Å². The normalized spacial score (nSPS) is 11.3. The number of hydrogen-bond acceptors (Lipinski definition) is 5. The first-order valence-corrected chi connectivity index (χ1v) is 6.74. The van der Waals surface area contributed by atoms with Crippen molar-refractivity contribution in [2.75, 3.05) is 24.2 Å². The molecule has 0 saturated carbocycles. The van der Waals surface area contributed by atoms with E-state index in [-0.39, 0.29) is 22.2 Å². The Morgan fingerprint density at radius 3 is 2.75 bits per heavy atom. The van der Waals surface area contributed by atoms with Crippen LogP contribution in [0.2, 0.25) is 0 Å². The summed E-state index contributed by atoms with van der Waals surface area (Å²) in [6.45, 7) is 0.0898. The maximum absolute atomic E-state index is 11.4. The van der Waals surface area contributed by atoms with Crippen molar-refractivity contribution in [1.82, 2.24) is 0 Å². The number of thiophene rings is 1. The number of rotatable bonds is 6. The van der Waals surface area contributed by atoms with Crippen LogP contribution in [0.1, 0.15) is 9.67 Å². The molecule has 0 unspecified atom stereocenters. The van der Waals surface area contributed by atoms with E-state index in [4.69, 9.17) is 5.11 Å². The van der Waals surface area contributed by atoms with Crippen LogP contribution >= 0.6 is 11.3 Å². The standard InChI is InChI=1S/C8H11NO5S2/c1-14-4-5-16(12,13)9-7-3-2-6(15-7)8(10)11/h2-3,9H,4-5H2,1H3,(H,10,11). The maximum Gasteiger partial charge on any atom is 0.345 e. The van der Waals surface area contributed by atoms with Gasteiger partial charge < -0.3 is 9.84 Å². The van der Waals surface area contributed by atoms with Crippen LogP contribution < -0.4 is 4.72 Å². The minimum atomic E-state index is -3.47. The number of carbonyl (C=O) groups is 1. The van der Waals surface area contributed by atoms with Gasteiger partial charge in [-0.25, -0.2) is 13.2 Å². The summed E-state index contributed by atoms with van der Waals surface area (Å²) < 4.78 is 29.7. The second-order valence-electron chi connectivity index (χ2n) is 2.88. The van der Waals surface area contributed by atoms with Crippen LogP contribution in [0.25, 0.3) is 0 Å². The van der Waals surface area contributed by atoms with Gasteiger partial charge in [0.1, 0.15) is 9.88 Å². The predicted molar refractivity (Wildman–Crippen MR) is 60.6 cm³/mol. The highest BCUT2D eigenvalue weighted by molar-refractivity contribution is 7.92. The molecule has 8 heteroatoms. The van der Waals surface area contributed by atoms with Crippen molar-refractivity contribution >= 4 is 32.3 Å². The molecule has 0 amide bonds. The van der Waals surface area contributed by atoms with Gasteiger partial charge in [-0.15, -0.1) is 11.3 Å². The van der Waals surface area contributed by atoms with Crippen molar-refractivity contribution in [1.29, 1.82) is 0 Å². The highest BCUT2D eigenvalue weighted by atomic mass is 32.2. The third-order valence-electron chi connectivity index (χ3n) is 1.63. The number of carboxylic acids is 1. The number of anilines is 1. The highest BCUT2D eigenvalue weighted by Gasteiger charge is 2.13. The van der Waals surface area contributed by atoms with Gasteiger partial charge in [0.25, 0.3) is 0 Å². The minimum Gasteiger partial charge on any atom is -0.477 e. The average Bonchev–Trinajstić information content (AvgIpc) is 2.62. The van der Waals surface area contributed by atoms with Crippen LogP contribution in [-0.4, -0.2) is 39.0 Å². The van der Waals surface area contributed by atoms with E-state index in [1.54, 1.807) is 0 Å². The van der Waals surface area contributed by atoms with Crippen molar-refractivity contribution in [2.45, 2.75) is 0 Å². The van der Waals surface area contributed by atoms with Crippen LogP contribution in [-0.2, 0) is 14.8 Å². The van der Waals surface area contributed by atoms with Crippen LogP contribution in [0, 0.1) is 0 Å². The van der Waals surface area contributed by atoms with Gasteiger partial charge in [0, 0.05) is 7.11 Å². The van der Waals surface area contributed by atoms with Gasteiger partial charge in [0.05, 0.1) is 12.4 Å². The Bertz CT molecular complexity index is 465. The summed E-state index contributed by atoms with van der Waals surface area (Å²) in [5.41, 5.74) is 0. The van der Waals surface area contributed by atoms with Crippen molar-refractivity contribution in [3.63, 3.8) is 0 Å². The zero-order chi connectivity index (χ0) is 12.2. The number of aromatic carboxylic acids is 1. The Hall–Kier alpha value is -1.12. The smallest absolute Gasteiger partial charge is 0.345 e. The van der Waals surface area contributed by atoms with E-state index in [1.807, 2.05) is 0 Å². The summed E-state index contributed by atoms with van der Waals surface area (Å²) >= 11 is 0.871. The van der Waals surface area contributed by atoms with Gasteiger partial charge >= 0.3 is 5.97 Å². The lowest BCUT2D eigenvalue weighted by atomic mass is 10.5. The average molecular weight is 265 g/mol. The second-order valence-corrected chi connectivity index (χ2v) is 5.81. The number of sulfonamides is 1. The quantitative estimate of drug-likeness (QED) is 0.795. The molecule has 0 spiro atoms. The van der Waals surface area contributed by atoms with Gasteiger partial charge in [0.2, 0.25) is 10.0 Å². The van der Waals surface area contributed by atoms with Gasteiger partial charge in [-0.2, -0.15) is 0 Å². The van der Waals surface area contributed by atoms with Crippen molar-refractivity contribution < 1.29 is 23.1 Å². The van der Waals surface area contributed by atoms with E-state index in [0.29, 0.717) is 0 Å². The lowest BCUT2D eigenvalue weighted by Crippen LogP contribution is -2.19. The summed E-state index contributed by atoms with van der Waals surface area (Å²) in [6.07, 6.45) is 0. The van der Waals surface area contributed by atoms with Gasteiger partial charge in [-0.1, -0.05) is 0 Å². The van der Waals surface area contributed by atoms with Crippen molar-refractivity contribution in [3.8, 4) is 0 Å². The van der Waals surface area contributed by atoms with Crippen LogP contribution in [0.5, 0.6) is 0 Å². The molecule has 0 aromatic carbocycles. The summed E-state index contributed by atoms with van der Waals surface area (Å²) in [7, 11) is -2.06. The molecule has 1 rings (SSSR count). The van der Waals surface area contributed by atoms with Gasteiger partial charge in [0.15, 0.2) is 0 Å². The SMILES string of the molecule is COCCS(=O)(=O)Nc1ccc(C(=O)O)s1. The lowest BCUT2D eigenvalue weighted by Gasteiger charge is -2.04. The fraction of sp³-hybridized carbons (Fsp3) is 0.375. The molecular formula is C8H11NO5S2. The molecule has 0 saturated heterocycles. The van der Waals surface area contributed by atoms with Gasteiger partial charge in [-0.05, 0) is 12.1 Å². The molecule has 1 heterocycles. The van der Waals surface area contributed by atoms with E-state index >= 15 is 0 Å². The van der Waals surface area contributed by atoms with Crippen LogP contribution in [0.3, 0.4) is 0 Å². The van der Waals surface area contributed by atoms with E-state index < -0.39 is 16.0 Å². The summed E-state index contributed by atoms with van der Waals surface area (Å²) in [5.74, 6) is -1.24. The van der Waals surface area contributed by atoms with E-state index in [1.165, 1.54) is 19.2 Å². The zero-order valence-electron chi connectivity index (χ0n) is 8.47. The van der Waals surface area contributed by atoms with Crippen molar-refractivity contribution in [3.05, 3.63) is 17.0 Å². The van der Waals surface area contributed by atoms with E-state index in [2.05, 4.69) is 9.46 Å². The monoisotopic (exact) mass is 265 g/mol. The number of nitrogens with one attached hydrogen (secondary N) is 1. The number of ether oxygens (including phenoxy) is 1. The maximum atomic E-state index is 11.4. The molecule has 90 valence electrons. The van der Waals surface area contributed by atoms with Crippen LogP contribution in [0.4, 0.5) is 5.00 Å². The van der Waals surface area contributed by atoms with Gasteiger partial charge in [-0.3, -0.25) is 4.72 Å². The molecule has 2 N–H and O–H groups in total. The molecule has 0 fully saturated rings. The largest absolute Gasteiger partial charge is 0.477 e. The number of methoxy groups -OCH3 is 1. The molecule has 1 aromatic rings. The number of carboxylic acid groups (broad SMARTS) is 1.